The van der Waals surface area contributed by atoms with Gasteiger partial charge in [-0.2, -0.15) is 0 Å². The summed E-state index contributed by atoms with van der Waals surface area (Å²) in [5.74, 6) is -0.619. The summed E-state index contributed by atoms with van der Waals surface area (Å²) in [6, 6.07) is 12.3. The van der Waals surface area contributed by atoms with Gasteiger partial charge in [-0.25, -0.2) is 14.4 Å². The Hall–Kier alpha value is -4.57. The molecule has 7 rings (SSSR count). The van der Waals surface area contributed by atoms with Gasteiger partial charge in [0.2, 0.25) is 0 Å². The van der Waals surface area contributed by atoms with E-state index >= 15 is 0 Å². The number of carbonyl (C=O) groups is 2. The quantitative estimate of drug-likeness (QED) is 0.0565. The zero-order valence-electron chi connectivity index (χ0n) is 39.0. The van der Waals surface area contributed by atoms with Crippen LogP contribution in [0.4, 0.5) is 4.39 Å². The van der Waals surface area contributed by atoms with Crippen LogP contribution in [-0.2, 0) is 22.9 Å². The molecule has 12 nitrogen and oxygen atoms in total. The molecule has 0 bridgehead atoms. The number of aromatic nitrogens is 6. The molecule has 0 aliphatic heterocycles. The van der Waals surface area contributed by atoms with Crippen molar-refractivity contribution in [3.8, 4) is 33.4 Å². The zero-order chi connectivity index (χ0) is 48.1. The molecule has 6 aromatic heterocycles. The average Bonchev–Trinajstić information content (AvgIpc) is 3.80. The van der Waals surface area contributed by atoms with Crippen LogP contribution in [0.3, 0.4) is 0 Å². The molecule has 0 atom stereocenters. The van der Waals surface area contributed by atoms with E-state index < -0.39 is 16.1 Å². The van der Waals surface area contributed by atoms with E-state index in [1.54, 1.807) is 89.5 Å². The summed E-state index contributed by atoms with van der Waals surface area (Å²) in [7, 11) is 4.45. The fraction of sp³-hybridized carbons (Fsp3) is 0.333. The van der Waals surface area contributed by atoms with Crippen molar-refractivity contribution in [3.63, 3.8) is 0 Å². The number of fused-ring (bicyclic) bond motifs is 2. The summed E-state index contributed by atoms with van der Waals surface area (Å²) >= 11 is 16.0. The Labute approximate surface area is 411 Å². The van der Waals surface area contributed by atoms with Gasteiger partial charge in [0.15, 0.2) is 0 Å². The highest BCUT2D eigenvalue weighted by Crippen LogP contribution is 2.41. The maximum absolute atomic E-state index is 14.9. The number of nitrogens with zero attached hydrogens (tertiary/aromatic N) is 8. The van der Waals surface area contributed by atoms with Gasteiger partial charge >= 0.3 is 0 Å². The van der Waals surface area contributed by atoms with Crippen molar-refractivity contribution in [1.82, 2.24) is 38.9 Å². The monoisotopic (exact) mass is 1080 g/mol. The first-order chi connectivity index (χ1) is 31.1. The smallest absolute Gasteiger partial charge is 0.254 e. The summed E-state index contributed by atoms with van der Waals surface area (Å²) in [6.07, 6.45) is 13.7. The van der Waals surface area contributed by atoms with Crippen LogP contribution >= 0.6 is 45.8 Å². The molecule has 7 aromatic rings. The van der Waals surface area contributed by atoms with Crippen LogP contribution in [0.5, 0.6) is 0 Å². The van der Waals surface area contributed by atoms with Crippen LogP contribution < -0.4 is 0 Å². The fourth-order valence-corrected chi connectivity index (χ4v) is 10.1. The first-order valence-corrected chi connectivity index (χ1v) is 30.6. The van der Waals surface area contributed by atoms with E-state index in [1.165, 1.54) is 22.1 Å². The van der Waals surface area contributed by atoms with Gasteiger partial charge in [0, 0.05) is 149 Å². The molecule has 0 aliphatic carbocycles. The van der Waals surface area contributed by atoms with Crippen LogP contribution in [-0.4, -0.2) is 108 Å². The third kappa shape index (κ3) is 12.3. The van der Waals surface area contributed by atoms with Crippen molar-refractivity contribution >= 4 is 95.8 Å². The Balaban J connectivity index is 0.000000222. The van der Waals surface area contributed by atoms with Gasteiger partial charge < -0.3 is 28.4 Å². The summed E-state index contributed by atoms with van der Waals surface area (Å²) in [5.41, 5.74) is 6.17. The van der Waals surface area contributed by atoms with Crippen molar-refractivity contribution in [1.29, 1.82) is 0 Å². The van der Waals surface area contributed by atoms with Crippen molar-refractivity contribution < 1.29 is 23.5 Å². The SMILES string of the molecule is CN(C)C(=O)c1cncc(-c2cnc3c(c(-c4ccccc4F)cn3COCC[Si](C)(C)C)c2Cl)c1.CN(C)C(=O)c1cncc(-c2cnc3c(c(I)cn3COCC[Si](C)(C)C)c2Cl)c1. The molecule has 2 amide bonds. The summed E-state index contributed by atoms with van der Waals surface area (Å²) in [4.78, 5) is 45.6. The molecule has 0 unspecified atom stereocenters. The van der Waals surface area contributed by atoms with Crippen molar-refractivity contribution in [2.75, 3.05) is 41.4 Å². The number of ether oxygens (including phenoxy) is 2. The van der Waals surface area contributed by atoms with E-state index in [0.29, 0.717) is 67.8 Å². The number of hydrogen-bond acceptors (Lipinski definition) is 8. The maximum Gasteiger partial charge on any atom is 0.254 e. The maximum atomic E-state index is 14.9. The average molecular weight is 1080 g/mol. The van der Waals surface area contributed by atoms with Crippen molar-refractivity contribution in [2.24, 2.45) is 0 Å². The van der Waals surface area contributed by atoms with Crippen LogP contribution in [0.1, 0.15) is 20.7 Å². The topological polar surface area (TPSA) is 121 Å². The number of halogens is 4. The number of rotatable bonds is 15. The highest BCUT2D eigenvalue weighted by atomic mass is 127. The first-order valence-electron chi connectivity index (χ1n) is 21.4. The Morgan fingerprint density at radius 1 is 0.652 bits per heavy atom. The second-order valence-electron chi connectivity index (χ2n) is 18.8. The van der Waals surface area contributed by atoms with Crippen molar-refractivity contribution in [2.45, 2.75) is 64.8 Å². The molecule has 6 heterocycles. The third-order valence-corrected chi connectivity index (χ3v) is 15.6. The van der Waals surface area contributed by atoms with Crippen molar-refractivity contribution in [3.05, 3.63) is 117 Å². The molecule has 0 aliphatic rings. The van der Waals surface area contributed by atoms with E-state index in [4.69, 9.17) is 37.7 Å². The highest BCUT2D eigenvalue weighted by Gasteiger charge is 2.23. The molecule has 18 heteroatoms. The predicted octanol–water partition coefficient (Wildman–Crippen LogP) is 11.9. The molecule has 0 N–H and O–H groups in total. The van der Waals surface area contributed by atoms with Crippen LogP contribution in [0, 0.1) is 9.39 Å². The Kier molecular flexibility index (Phi) is 16.6. The molecule has 1 aromatic carbocycles. The lowest BCUT2D eigenvalue weighted by molar-refractivity contribution is 0.0820. The Morgan fingerprint density at radius 2 is 1.11 bits per heavy atom. The van der Waals surface area contributed by atoms with E-state index in [-0.39, 0.29) is 24.4 Å². The predicted molar refractivity (Wildman–Crippen MR) is 278 cm³/mol. The van der Waals surface area contributed by atoms with Gasteiger partial charge in [-0.1, -0.05) is 80.7 Å². The normalized spacial score (nSPS) is 11.8. The van der Waals surface area contributed by atoms with Gasteiger partial charge in [-0.05, 0) is 52.9 Å². The molecule has 0 spiro atoms. The number of pyridine rings is 4. The molecule has 0 saturated heterocycles. The Morgan fingerprint density at radius 3 is 1.58 bits per heavy atom. The zero-order valence-corrected chi connectivity index (χ0v) is 44.7. The molecule has 66 heavy (non-hydrogen) atoms. The number of carbonyl (C=O) groups excluding carboxylic acids is 2. The molecule has 0 saturated carbocycles. The largest absolute Gasteiger partial charge is 0.361 e. The highest BCUT2D eigenvalue weighted by molar-refractivity contribution is 14.1. The standard InChI is InChI=1S/C27H30ClFN4O2Si.C21H26ClIN4O2Si/c1-32(2)27(34)19-12-18(13-30-14-19)21-15-31-26-24(25(21)28)22(20-8-6-7-9-23(20)29)16-33(26)17-35-10-11-36(3,4)5;1-26(2)21(28)15-8-14(9-24-10-15)16-11-25-20-18(19(16)22)17(23)12-27(20)13-29-6-7-30(3,4)5/h6-9,12-16H,10-11,17H2,1-5H3;8-12H,6-7,13H2,1-5H3. The van der Waals surface area contributed by atoms with Crippen LogP contribution in [0.2, 0.25) is 61.4 Å². The fourth-order valence-electron chi connectivity index (χ4n) is 6.88. The van der Waals surface area contributed by atoms with Gasteiger partial charge in [0.05, 0.1) is 26.6 Å². The molecule has 348 valence electrons. The number of amides is 2. The number of hydrogen-bond donors (Lipinski definition) is 0. The minimum Gasteiger partial charge on any atom is -0.361 e. The number of benzene rings is 1. The van der Waals surface area contributed by atoms with Gasteiger partial charge in [0.25, 0.3) is 11.8 Å². The first kappa shape index (κ1) is 50.8. The minimum absolute atomic E-state index is 0.106. The lowest BCUT2D eigenvalue weighted by atomic mass is 10.0. The summed E-state index contributed by atoms with van der Waals surface area (Å²) < 4.78 is 31.6. The molecular weight excluding hydrogens is 1030 g/mol. The van der Waals surface area contributed by atoms with Gasteiger partial charge in [0.1, 0.15) is 30.6 Å². The van der Waals surface area contributed by atoms with Gasteiger partial charge in [-0.3, -0.25) is 19.6 Å². The lowest BCUT2D eigenvalue weighted by Gasteiger charge is -2.15. The molecular formula is C48H56Cl2FIN8O4Si2. The van der Waals surface area contributed by atoms with Crippen LogP contribution in [0.15, 0.2) is 86.0 Å². The summed E-state index contributed by atoms with van der Waals surface area (Å²) in [6.45, 7) is 16.0. The lowest BCUT2D eigenvalue weighted by Crippen LogP contribution is -2.22. The second-order valence-corrected chi connectivity index (χ2v) is 32.0. The molecule has 0 fully saturated rings. The summed E-state index contributed by atoms with van der Waals surface area (Å²) in [5, 5.41) is 2.52. The second kappa shape index (κ2) is 21.6. The molecule has 0 radical (unpaired) electrons. The van der Waals surface area contributed by atoms with Crippen LogP contribution in [0.25, 0.3) is 55.4 Å². The van der Waals surface area contributed by atoms with E-state index in [2.05, 4.69) is 76.8 Å². The van der Waals surface area contributed by atoms with Gasteiger partial charge in [-0.15, -0.1) is 0 Å². The van der Waals surface area contributed by atoms with E-state index in [9.17, 15) is 14.0 Å². The minimum atomic E-state index is -1.23. The third-order valence-electron chi connectivity index (χ3n) is 10.6. The van der Waals surface area contributed by atoms with E-state index in [0.717, 1.165) is 44.4 Å². The Bertz CT molecular complexity index is 2880. The van der Waals surface area contributed by atoms with E-state index in [1.807, 2.05) is 21.5 Å².